The fourth-order valence-corrected chi connectivity index (χ4v) is 2.31. The molecular weight excluding hydrogens is 244 g/mol. The lowest BCUT2D eigenvalue weighted by atomic mass is 10.1. The van der Waals surface area contributed by atoms with Crippen LogP contribution in [0.15, 0.2) is 24.5 Å². The van der Waals surface area contributed by atoms with Crippen LogP contribution in [-0.4, -0.2) is 7.11 Å². The van der Waals surface area contributed by atoms with Gasteiger partial charge in [-0.2, -0.15) is 0 Å². The monoisotopic (exact) mass is 280 g/mol. The minimum absolute atomic E-state index is 1.16. The van der Waals surface area contributed by atoms with Crippen molar-refractivity contribution in [2.75, 3.05) is 7.11 Å². The number of hydrogen-bond donors (Lipinski definition) is 0. The number of allylic oxidation sites excluding steroid dienone is 3. The van der Waals surface area contributed by atoms with Gasteiger partial charge < -0.3 is 4.74 Å². The summed E-state index contributed by atoms with van der Waals surface area (Å²) in [6.07, 6.45) is 26.2. The van der Waals surface area contributed by atoms with E-state index in [0.717, 1.165) is 6.42 Å². The van der Waals surface area contributed by atoms with Gasteiger partial charge in [0.25, 0.3) is 0 Å². The molecule has 1 heteroatoms. The number of unbranched alkanes of at least 4 members (excludes halogenated alkanes) is 11. The predicted molar refractivity (Wildman–Crippen MR) is 91.0 cm³/mol. The van der Waals surface area contributed by atoms with E-state index in [0.29, 0.717) is 0 Å². The first kappa shape index (κ1) is 19.3. The second-order valence-electron chi connectivity index (χ2n) is 5.63. The zero-order chi connectivity index (χ0) is 14.7. The Kier molecular flexibility index (Phi) is 17.6. The van der Waals surface area contributed by atoms with Crippen molar-refractivity contribution >= 4 is 0 Å². The van der Waals surface area contributed by atoms with Crippen molar-refractivity contribution in [1.29, 1.82) is 0 Å². The summed E-state index contributed by atoms with van der Waals surface area (Å²) in [6.45, 7) is 2.25. The van der Waals surface area contributed by atoms with Crippen LogP contribution < -0.4 is 0 Å². The van der Waals surface area contributed by atoms with Gasteiger partial charge in [-0.25, -0.2) is 0 Å². The maximum absolute atomic E-state index is 4.88. The van der Waals surface area contributed by atoms with Crippen molar-refractivity contribution < 1.29 is 4.74 Å². The average Bonchev–Trinajstić information content (AvgIpc) is 2.47. The molecule has 0 aromatic rings. The van der Waals surface area contributed by atoms with Crippen molar-refractivity contribution in [3.05, 3.63) is 24.5 Å². The van der Waals surface area contributed by atoms with E-state index < -0.39 is 0 Å². The van der Waals surface area contributed by atoms with Gasteiger partial charge in [0.05, 0.1) is 13.4 Å². The summed E-state index contributed by atoms with van der Waals surface area (Å²) in [5, 5.41) is 0. The molecule has 0 atom stereocenters. The number of rotatable bonds is 15. The minimum Gasteiger partial charge on any atom is -0.505 e. The standard InChI is InChI=1S/C19H36O/c1-3-4-5-6-7-8-9-10-11-12-13-14-15-16-17-18-19-20-2/h6-7,18-19H,3-5,8-17H2,1-2H3/b7-6-,19-18?. The minimum atomic E-state index is 1.16. The van der Waals surface area contributed by atoms with Crippen LogP contribution in [0.1, 0.15) is 90.4 Å². The van der Waals surface area contributed by atoms with Gasteiger partial charge >= 0.3 is 0 Å². The number of hydrogen-bond acceptors (Lipinski definition) is 1. The quantitative estimate of drug-likeness (QED) is 0.182. The van der Waals surface area contributed by atoms with Crippen molar-refractivity contribution in [2.24, 2.45) is 0 Å². The number of ether oxygens (including phenoxy) is 1. The van der Waals surface area contributed by atoms with E-state index in [2.05, 4.69) is 25.2 Å². The molecule has 0 saturated carbocycles. The van der Waals surface area contributed by atoms with Crippen LogP contribution in [0, 0.1) is 0 Å². The normalized spacial score (nSPS) is 11.7. The van der Waals surface area contributed by atoms with E-state index in [9.17, 15) is 0 Å². The molecule has 0 aromatic heterocycles. The zero-order valence-corrected chi connectivity index (χ0v) is 13.9. The molecule has 20 heavy (non-hydrogen) atoms. The summed E-state index contributed by atoms with van der Waals surface area (Å²) < 4.78 is 4.88. The molecule has 1 nitrogen and oxygen atoms in total. The maximum Gasteiger partial charge on any atom is 0.0784 e. The van der Waals surface area contributed by atoms with E-state index in [4.69, 9.17) is 4.74 Å². The Bertz CT molecular complexity index is 218. The van der Waals surface area contributed by atoms with Gasteiger partial charge in [-0.05, 0) is 38.2 Å². The Balaban J connectivity index is 3.02. The van der Waals surface area contributed by atoms with Gasteiger partial charge in [-0.15, -0.1) is 0 Å². The van der Waals surface area contributed by atoms with Gasteiger partial charge in [-0.3, -0.25) is 0 Å². The molecule has 0 aliphatic rings. The number of methoxy groups -OCH3 is 1. The third-order valence-electron chi connectivity index (χ3n) is 3.61. The largest absolute Gasteiger partial charge is 0.505 e. The molecule has 0 rings (SSSR count). The van der Waals surface area contributed by atoms with E-state index in [1.54, 1.807) is 13.4 Å². The lowest BCUT2D eigenvalue weighted by Gasteiger charge is -2.00. The molecule has 0 spiro atoms. The van der Waals surface area contributed by atoms with E-state index in [1.165, 1.54) is 77.0 Å². The highest BCUT2D eigenvalue weighted by molar-refractivity contribution is 4.81. The van der Waals surface area contributed by atoms with Crippen molar-refractivity contribution in [2.45, 2.75) is 90.4 Å². The molecule has 0 heterocycles. The molecule has 0 unspecified atom stereocenters. The predicted octanol–water partition coefficient (Wildman–Crippen LogP) is 6.79. The van der Waals surface area contributed by atoms with Gasteiger partial charge in [0.15, 0.2) is 0 Å². The van der Waals surface area contributed by atoms with Crippen LogP contribution in [0.5, 0.6) is 0 Å². The Morgan fingerprint density at radius 2 is 1.05 bits per heavy atom. The summed E-state index contributed by atoms with van der Waals surface area (Å²) in [5.74, 6) is 0. The SMILES string of the molecule is CCCC/C=C\CCCCCCCCCCC=COC. The molecule has 0 amide bonds. The van der Waals surface area contributed by atoms with Gasteiger partial charge in [0.1, 0.15) is 0 Å². The van der Waals surface area contributed by atoms with Crippen LogP contribution in [-0.2, 0) is 4.74 Å². The summed E-state index contributed by atoms with van der Waals surface area (Å²) in [5.41, 5.74) is 0. The summed E-state index contributed by atoms with van der Waals surface area (Å²) in [7, 11) is 1.71. The van der Waals surface area contributed by atoms with Gasteiger partial charge in [-0.1, -0.05) is 70.4 Å². The van der Waals surface area contributed by atoms with E-state index >= 15 is 0 Å². The lowest BCUT2D eigenvalue weighted by Crippen LogP contribution is -1.81. The fourth-order valence-electron chi connectivity index (χ4n) is 2.31. The van der Waals surface area contributed by atoms with Crippen LogP contribution >= 0.6 is 0 Å². The maximum atomic E-state index is 4.88. The second kappa shape index (κ2) is 18.3. The van der Waals surface area contributed by atoms with Crippen LogP contribution in [0.3, 0.4) is 0 Å². The Labute approximate surface area is 127 Å². The molecular formula is C19H36O. The molecule has 0 fully saturated rings. The van der Waals surface area contributed by atoms with E-state index in [-0.39, 0.29) is 0 Å². The molecule has 118 valence electrons. The first-order valence-electron chi connectivity index (χ1n) is 8.74. The molecule has 0 bridgehead atoms. The molecule has 0 aliphatic carbocycles. The smallest absolute Gasteiger partial charge is 0.0784 e. The zero-order valence-electron chi connectivity index (χ0n) is 13.9. The summed E-state index contributed by atoms with van der Waals surface area (Å²) in [6, 6.07) is 0. The third-order valence-corrected chi connectivity index (χ3v) is 3.61. The Hall–Kier alpha value is -0.720. The first-order chi connectivity index (χ1) is 9.91. The van der Waals surface area contributed by atoms with Gasteiger partial charge in [0.2, 0.25) is 0 Å². The summed E-state index contributed by atoms with van der Waals surface area (Å²) in [4.78, 5) is 0. The Morgan fingerprint density at radius 3 is 1.55 bits per heavy atom. The average molecular weight is 280 g/mol. The van der Waals surface area contributed by atoms with Crippen LogP contribution in [0.2, 0.25) is 0 Å². The molecule has 0 aromatic carbocycles. The Morgan fingerprint density at radius 1 is 0.600 bits per heavy atom. The highest BCUT2D eigenvalue weighted by Gasteiger charge is 1.91. The van der Waals surface area contributed by atoms with Crippen molar-refractivity contribution in [3.8, 4) is 0 Å². The molecule has 0 radical (unpaired) electrons. The highest BCUT2D eigenvalue weighted by atomic mass is 16.5. The fraction of sp³-hybridized carbons (Fsp3) is 0.789. The van der Waals surface area contributed by atoms with Crippen molar-refractivity contribution in [3.63, 3.8) is 0 Å². The van der Waals surface area contributed by atoms with Crippen molar-refractivity contribution in [1.82, 2.24) is 0 Å². The summed E-state index contributed by atoms with van der Waals surface area (Å²) >= 11 is 0. The topological polar surface area (TPSA) is 9.23 Å². The van der Waals surface area contributed by atoms with E-state index in [1.807, 2.05) is 0 Å². The third kappa shape index (κ3) is 17.3. The van der Waals surface area contributed by atoms with Crippen LogP contribution in [0.4, 0.5) is 0 Å². The lowest BCUT2D eigenvalue weighted by molar-refractivity contribution is 0.336. The first-order valence-corrected chi connectivity index (χ1v) is 8.74. The van der Waals surface area contributed by atoms with Crippen LogP contribution in [0.25, 0.3) is 0 Å². The van der Waals surface area contributed by atoms with Gasteiger partial charge in [0, 0.05) is 0 Å². The molecule has 0 aliphatic heterocycles. The molecule has 0 N–H and O–H groups in total. The molecule has 0 saturated heterocycles. The highest BCUT2D eigenvalue weighted by Crippen LogP contribution is 2.11. The second-order valence-corrected chi connectivity index (χ2v) is 5.63.